The van der Waals surface area contributed by atoms with Crippen LogP contribution in [-0.4, -0.2) is 42.0 Å². The molecule has 5 heteroatoms. The van der Waals surface area contributed by atoms with E-state index in [1.807, 2.05) is 11.0 Å². The number of nitrogens with zero attached hydrogens (tertiary/aromatic N) is 3. The van der Waals surface area contributed by atoms with Crippen molar-refractivity contribution in [3.8, 4) is 0 Å². The largest absolute Gasteiger partial charge is 0.459 e. The van der Waals surface area contributed by atoms with Crippen molar-refractivity contribution in [1.29, 1.82) is 0 Å². The lowest BCUT2D eigenvalue weighted by molar-refractivity contribution is 0.0714. The molecule has 0 radical (unpaired) electrons. The van der Waals surface area contributed by atoms with E-state index in [-0.39, 0.29) is 5.91 Å². The summed E-state index contributed by atoms with van der Waals surface area (Å²) in [5.74, 6) is 1.35. The van der Waals surface area contributed by atoms with Crippen molar-refractivity contribution < 1.29 is 9.21 Å². The van der Waals surface area contributed by atoms with Crippen LogP contribution in [0.3, 0.4) is 0 Å². The van der Waals surface area contributed by atoms with Gasteiger partial charge in [-0.3, -0.25) is 4.79 Å². The SMILES string of the molecule is O=C(c1ccco1)N1CCN(c2nc3ccccc3c3ccccc23)CC1. The predicted octanol–water partition coefficient (Wildman–Crippen LogP) is 3.94. The molecule has 0 bridgehead atoms. The average molecular weight is 357 g/mol. The van der Waals surface area contributed by atoms with E-state index in [1.165, 1.54) is 17.0 Å². The molecule has 0 unspecified atom stereocenters. The molecule has 1 amide bonds. The van der Waals surface area contributed by atoms with Gasteiger partial charge in [0.15, 0.2) is 5.76 Å². The molecular weight excluding hydrogens is 338 g/mol. The first-order chi connectivity index (χ1) is 13.3. The van der Waals surface area contributed by atoms with E-state index in [1.54, 1.807) is 12.1 Å². The van der Waals surface area contributed by atoms with Crippen LogP contribution in [0.5, 0.6) is 0 Å². The number of benzene rings is 2. The second-order valence-electron chi connectivity index (χ2n) is 6.75. The molecule has 1 aliphatic heterocycles. The fourth-order valence-electron chi connectivity index (χ4n) is 3.80. The lowest BCUT2D eigenvalue weighted by atomic mass is 10.1. The van der Waals surface area contributed by atoms with Crippen LogP contribution >= 0.6 is 0 Å². The monoisotopic (exact) mass is 357 g/mol. The van der Waals surface area contributed by atoms with E-state index in [4.69, 9.17) is 9.40 Å². The van der Waals surface area contributed by atoms with Crippen molar-refractivity contribution in [1.82, 2.24) is 9.88 Å². The second-order valence-corrected chi connectivity index (χ2v) is 6.75. The summed E-state index contributed by atoms with van der Waals surface area (Å²) in [6.07, 6.45) is 1.54. The summed E-state index contributed by atoms with van der Waals surface area (Å²) in [5, 5.41) is 3.54. The van der Waals surface area contributed by atoms with Crippen molar-refractivity contribution in [2.45, 2.75) is 0 Å². The molecule has 1 fully saturated rings. The van der Waals surface area contributed by atoms with Crippen LogP contribution in [0.15, 0.2) is 71.3 Å². The molecule has 4 aromatic rings. The van der Waals surface area contributed by atoms with Gasteiger partial charge in [0, 0.05) is 37.0 Å². The second kappa shape index (κ2) is 6.43. The highest BCUT2D eigenvalue weighted by atomic mass is 16.3. The van der Waals surface area contributed by atoms with Crippen LogP contribution in [0, 0.1) is 0 Å². The first-order valence-electron chi connectivity index (χ1n) is 9.16. The van der Waals surface area contributed by atoms with Crippen LogP contribution in [0.1, 0.15) is 10.6 Å². The molecule has 0 atom stereocenters. The van der Waals surface area contributed by atoms with Crippen LogP contribution in [0.2, 0.25) is 0 Å². The van der Waals surface area contributed by atoms with E-state index in [2.05, 4.69) is 47.4 Å². The zero-order valence-electron chi connectivity index (χ0n) is 14.8. The van der Waals surface area contributed by atoms with Gasteiger partial charge in [-0.05, 0) is 23.6 Å². The van der Waals surface area contributed by atoms with Gasteiger partial charge in [-0.25, -0.2) is 4.98 Å². The number of furan rings is 1. The number of fused-ring (bicyclic) bond motifs is 3. The molecule has 27 heavy (non-hydrogen) atoms. The molecule has 3 heterocycles. The minimum Gasteiger partial charge on any atom is -0.459 e. The minimum absolute atomic E-state index is 0.0454. The molecule has 5 rings (SSSR count). The van der Waals surface area contributed by atoms with Crippen LogP contribution in [0.25, 0.3) is 21.7 Å². The summed E-state index contributed by atoms with van der Waals surface area (Å²) in [6.45, 7) is 2.81. The quantitative estimate of drug-likeness (QED) is 0.510. The van der Waals surface area contributed by atoms with Gasteiger partial charge in [0.05, 0.1) is 11.8 Å². The Morgan fingerprint density at radius 3 is 2.26 bits per heavy atom. The van der Waals surface area contributed by atoms with E-state index in [9.17, 15) is 4.79 Å². The summed E-state index contributed by atoms with van der Waals surface area (Å²) in [5.41, 5.74) is 1.00. The Morgan fingerprint density at radius 1 is 0.815 bits per heavy atom. The van der Waals surface area contributed by atoms with Gasteiger partial charge in [0.1, 0.15) is 5.82 Å². The average Bonchev–Trinajstić information content (AvgIpc) is 3.28. The van der Waals surface area contributed by atoms with Crippen LogP contribution in [0.4, 0.5) is 5.82 Å². The molecule has 1 saturated heterocycles. The Kier molecular flexibility index (Phi) is 3.78. The van der Waals surface area contributed by atoms with E-state index in [0.717, 1.165) is 29.8 Å². The maximum Gasteiger partial charge on any atom is 0.289 e. The van der Waals surface area contributed by atoms with Crippen molar-refractivity contribution in [3.05, 3.63) is 72.7 Å². The van der Waals surface area contributed by atoms with Gasteiger partial charge >= 0.3 is 0 Å². The maximum absolute atomic E-state index is 12.5. The fraction of sp³-hybridized carbons (Fsp3) is 0.182. The zero-order chi connectivity index (χ0) is 18.2. The van der Waals surface area contributed by atoms with Gasteiger partial charge < -0.3 is 14.2 Å². The molecule has 0 aliphatic carbocycles. The number of rotatable bonds is 2. The number of anilines is 1. The zero-order valence-corrected chi connectivity index (χ0v) is 14.8. The van der Waals surface area contributed by atoms with Crippen molar-refractivity contribution in [2.75, 3.05) is 31.1 Å². The van der Waals surface area contributed by atoms with Crippen LogP contribution < -0.4 is 4.90 Å². The standard InChI is InChI=1S/C22H19N3O2/c26-22(20-10-5-15-27-20)25-13-11-24(12-14-25)21-18-8-2-1-6-16(18)17-7-3-4-9-19(17)23-21/h1-10,15H,11-14H2. The van der Waals surface area contributed by atoms with Crippen molar-refractivity contribution in [2.24, 2.45) is 0 Å². The number of carbonyl (C=O) groups excluding carboxylic acids is 1. The Morgan fingerprint density at radius 2 is 1.52 bits per heavy atom. The molecule has 5 nitrogen and oxygen atoms in total. The lowest BCUT2D eigenvalue weighted by Crippen LogP contribution is -2.49. The summed E-state index contributed by atoms with van der Waals surface area (Å²) >= 11 is 0. The molecule has 134 valence electrons. The third-order valence-electron chi connectivity index (χ3n) is 5.19. The maximum atomic E-state index is 12.5. The van der Waals surface area contributed by atoms with Gasteiger partial charge in [-0.2, -0.15) is 0 Å². The summed E-state index contributed by atoms with van der Waals surface area (Å²) in [4.78, 5) is 21.6. The smallest absolute Gasteiger partial charge is 0.289 e. The molecule has 2 aromatic carbocycles. The molecule has 0 spiro atoms. The van der Waals surface area contributed by atoms with E-state index < -0.39 is 0 Å². The lowest BCUT2D eigenvalue weighted by Gasteiger charge is -2.35. The van der Waals surface area contributed by atoms with Gasteiger partial charge in [0.25, 0.3) is 5.91 Å². The Balaban J connectivity index is 1.47. The number of hydrogen-bond acceptors (Lipinski definition) is 4. The Hall–Kier alpha value is -3.34. The molecular formula is C22H19N3O2. The van der Waals surface area contributed by atoms with Gasteiger partial charge in [-0.15, -0.1) is 0 Å². The summed E-state index contributed by atoms with van der Waals surface area (Å²) in [6, 6.07) is 20.1. The highest BCUT2D eigenvalue weighted by Gasteiger charge is 2.25. The molecule has 2 aromatic heterocycles. The molecule has 0 N–H and O–H groups in total. The Labute approximate surface area is 156 Å². The minimum atomic E-state index is -0.0454. The van der Waals surface area contributed by atoms with Gasteiger partial charge in [0.2, 0.25) is 0 Å². The highest BCUT2D eigenvalue weighted by molar-refractivity contribution is 6.10. The third-order valence-corrected chi connectivity index (χ3v) is 5.19. The number of carbonyl (C=O) groups is 1. The number of para-hydroxylation sites is 1. The normalized spacial score (nSPS) is 14.8. The number of piperazine rings is 1. The predicted molar refractivity (Wildman–Crippen MR) is 106 cm³/mol. The highest BCUT2D eigenvalue weighted by Crippen LogP contribution is 2.31. The first-order valence-corrected chi connectivity index (χ1v) is 9.16. The molecule has 1 aliphatic rings. The summed E-state index contributed by atoms with van der Waals surface area (Å²) < 4.78 is 5.25. The fourth-order valence-corrected chi connectivity index (χ4v) is 3.80. The third kappa shape index (κ3) is 2.72. The van der Waals surface area contributed by atoms with Gasteiger partial charge in [-0.1, -0.05) is 42.5 Å². The Bertz CT molecular complexity index is 1110. The molecule has 0 saturated carbocycles. The summed E-state index contributed by atoms with van der Waals surface area (Å²) in [7, 11) is 0. The first kappa shape index (κ1) is 15.9. The van der Waals surface area contributed by atoms with Crippen molar-refractivity contribution >= 4 is 33.4 Å². The number of pyridine rings is 1. The van der Waals surface area contributed by atoms with E-state index >= 15 is 0 Å². The topological polar surface area (TPSA) is 49.6 Å². The number of aromatic nitrogens is 1. The van der Waals surface area contributed by atoms with Crippen molar-refractivity contribution in [3.63, 3.8) is 0 Å². The van der Waals surface area contributed by atoms with E-state index in [0.29, 0.717) is 18.8 Å². The number of hydrogen-bond donors (Lipinski definition) is 0. The van der Waals surface area contributed by atoms with Crippen LogP contribution in [-0.2, 0) is 0 Å². The number of amides is 1.